The molecule has 18 heavy (non-hydrogen) atoms. The molecule has 1 aromatic carbocycles. The molecule has 2 aromatic rings. The molecule has 0 spiro atoms. The lowest BCUT2D eigenvalue weighted by Gasteiger charge is -2.15. The third-order valence-corrected chi connectivity index (χ3v) is 2.84. The molecule has 0 bridgehead atoms. The first-order valence-corrected chi connectivity index (χ1v) is 5.60. The van der Waals surface area contributed by atoms with Gasteiger partial charge in [0.15, 0.2) is 0 Å². The standard InChI is InChI=1S/C13H11N3O2/c17-12-10(13(18)15-7-14-12)6-9-5-8-3-1-2-4-11(8)16-9/h1-6,16H,7H2,(H,14,17)(H,15,18). The Morgan fingerprint density at radius 3 is 2.50 bits per heavy atom. The summed E-state index contributed by atoms with van der Waals surface area (Å²) >= 11 is 0. The van der Waals surface area contributed by atoms with Crippen molar-refractivity contribution < 1.29 is 9.59 Å². The maximum Gasteiger partial charge on any atom is 0.258 e. The van der Waals surface area contributed by atoms with E-state index in [1.807, 2.05) is 30.3 Å². The fourth-order valence-corrected chi connectivity index (χ4v) is 1.96. The lowest BCUT2D eigenvalue weighted by atomic mass is 10.1. The van der Waals surface area contributed by atoms with Crippen LogP contribution in [0.4, 0.5) is 0 Å². The van der Waals surface area contributed by atoms with Gasteiger partial charge in [-0.1, -0.05) is 18.2 Å². The highest BCUT2D eigenvalue weighted by molar-refractivity contribution is 6.23. The number of aromatic amines is 1. The van der Waals surface area contributed by atoms with Crippen molar-refractivity contribution in [1.29, 1.82) is 0 Å². The SMILES string of the molecule is O=C1NCNC(=O)C1=Cc1cc2ccccc2[nH]1. The molecular formula is C13H11N3O2. The van der Waals surface area contributed by atoms with Crippen LogP contribution in [0.2, 0.25) is 0 Å². The summed E-state index contributed by atoms with van der Waals surface area (Å²) in [5.41, 5.74) is 1.83. The molecule has 1 aromatic heterocycles. The molecule has 5 nitrogen and oxygen atoms in total. The van der Waals surface area contributed by atoms with Crippen LogP contribution >= 0.6 is 0 Å². The Labute approximate surface area is 103 Å². The Morgan fingerprint density at radius 1 is 1.06 bits per heavy atom. The number of hydrogen-bond donors (Lipinski definition) is 3. The average Bonchev–Trinajstić information content (AvgIpc) is 2.76. The normalized spacial score (nSPS) is 15.4. The molecule has 0 atom stereocenters. The van der Waals surface area contributed by atoms with Crippen LogP contribution in [0.5, 0.6) is 0 Å². The van der Waals surface area contributed by atoms with E-state index < -0.39 is 0 Å². The second kappa shape index (κ2) is 4.03. The van der Waals surface area contributed by atoms with Gasteiger partial charge in [0.2, 0.25) is 0 Å². The number of carbonyl (C=O) groups is 2. The second-order valence-electron chi connectivity index (χ2n) is 4.06. The zero-order valence-corrected chi connectivity index (χ0v) is 9.49. The fourth-order valence-electron chi connectivity index (χ4n) is 1.96. The summed E-state index contributed by atoms with van der Waals surface area (Å²) in [6.45, 7) is 0.182. The first kappa shape index (κ1) is 10.6. The smallest absolute Gasteiger partial charge is 0.258 e. The van der Waals surface area contributed by atoms with Crippen LogP contribution in [0.25, 0.3) is 17.0 Å². The molecule has 0 radical (unpaired) electrons. The molecule has 2 amide bonds. The Kier molecular flexibility index (Phi) is 2.37. The summed E-state index contributed by atoms with van der Waals surface area (Å²) < 4.78 is 0. The van der Waals surface area contributed by atoms with Crippen molar-refractivity contribution >= 4 is 28.8 Å². The van der Waals surface area contributed by atoms with Crippen molar-refractivity contribution in [3.8, 4) is 0 Å². The van der Waals surface area contributed by atoms with Gasteiger partial charge in [-0.15, -0.1) is 0 Å². The summed E-state index contributed by atoms with van der Waals surface area (Å²) in [5.74, 6) is -0.699. The highest BCUT2D eigenvalue weighted by Crippen LogP contribution is 2.17. The van der Waals surface area contributed by atoms with Crippen molar-refractivity contribution in [2.24, 2.45) is 0 Å². The van der Waals surface area contributed by atoms with E-state index in [1.54, 1.807) is 6.08 Å². The van der Waals surface area contributed by atoms with E-state index in [0.717, 1.165) is 16.6 Å². The molecule has 1 aliphatic heterocycles. The van der Waals surface area contributed by atoms with Crippen LogP contribution in [0, 0.1) is 0 Å². The number of H-pyrrole nitrogens is 1. The summed E-state index contributed by atoms with van der Waals surface area (Å²) in [4.78, 5) is 26.3. The van der Waals surface area contributed by atoms with E-state index in [1.165, 1.54) is 0 Å². The van der Waals surface area contributed by atoms with Gasteiger partial charge in [-0.05, 0) is 23.6 Å². The Hall–Kier alpha value is -2.56. The van der Waals surface area contributed by atoms with Gasteiger partial charge in [0.1, 0.15) is 5.57 Å². The molecule has 0 saturated carbocycles. The molecule has 1 saturated heterocycles. The van der Waals surface area contributed by atoms with E-state index >= 15 is 0 Å². The molecule has 1 fully saturated rings. The van der Waals surface area contributed by atoms with Crippen LogP contribution in [-0.2, 0) is 9.59 Å². The van der Waals surface area contributed by atoms with Gasteiger partial charge >= 0.3 is 0 Å². The lowest BCUT2D eigenvalue weighted by Crippen LogP contribution is -2.47. The lowest BCUT2D eigenvalue weighted by molar-refractivity contribution is -0.126. The highest BCUT2D eigenvalue weighted by atomic mass is 16.2. The molecular weight excluding hydrogens is 230 g/mol. The van der Waals surface area contributed by atoms with Crippen LogP contribution in [0.3, 0.4) is 0 Å². The Morgan fingerprint density at radius 2 is 1.78 bits per heavy atom. The zero-order chi connectivity index (χ0) is 12.5. The van der Waals surface area contributed by atoms with Crippen molar-refractivity contribution in [2.75, 3.05) is 6.67 Å². The first-order chi connectivity index (χ1) is 8.74. The maximum atomic E-state index is 11.6. The molecule has 90 valence electrons. The van der Waals surface area contributed by atoms with Crippen molar-refractivity contribution in [3.63, 3.8) is 0 Å². The number of carbonyl (C=O) groups excluding carboxylic acids is 2. The number of para-hydroxylation sites is 1. The van der Waals surface area contributed by atoms with Crippen molar-refractivity contribution in [2.45, 2.75) is 0 Å². The first-order valence-electron chi connectivity index (χ1n) is 5.60. The average molecular weight is 241 g/mol. The van der Waals surface area contributed by atoms with E-state index in [0.29, 0.717) is 0 Å². The van der Waals surface area contributed by atoms with E-state index in [-0.39, 0.29) is 24.1 Å². The monoisotopic (exact) mass is 241 g/mol. The van der Waals surface area contributed by atoms with E-state index in [9.17, 15) is 9.59 Å². The minimum Gasteiger partial charge on any atom is -0.355 e. The summed E-state index contributed by atoms with van der Waals surface area (Å²) in [6.07, 6.45) is 1.56. The molecule has 0 aliphatic carbocycles. The largest absolute Gasteiger partial charge is 0.355 e. The number of fused-ring (bicyclic) bond motifs is 1. The Bertz CT molecular complexity index is 619. The topological polar surface area (TPSA) is 74.0 Å². The number of rotatable bonds is 1. The number of amides is 2. The van der Waals surface area contributed by atoms with Crippen molar-refractivity contribution in [1.82, 2.24) is 15.6 Å². The number of nitrogens with one attached hydrogen (secondary N) is 3. The second-order valence-corrected chi connectivity index (χ2v) is 4.06. The quantitative estimate of drug-likeness (QED) is 0.509. The fraction of sp³-hybridized carbons (Fsp3) is 0.0769. The van der Waals surface area contributed by atoms with Crippen LogP contribution < -0.4 is 10.6 Å². The van der Waals surface area contributed by atoms with Crippen LogP contribution in [-0.4, -0.2) is 23.5 Å². The number of aromatic nitrogens is 1. The maximum absolute atomic E-state index is 11.6. The highest BCUT2D eigenvalue weighted by Gasteiger charge is 2.22. The van der Waals surface area contributed by atoms with Crippen LogP contribution in [0.1, 0.15) is 5.69 Å². The summed E-state index contributed by atoms with van der Waals surface area (Å²) in [5, 5.41) is 6.17. The minimum atomic E-state index is -0.350. The van der Waals surface area contributed by atoms with Gasteiger partial charge < -0.3 is 15.6 Å². The van der Waals surface area contributed by atoms with Gasteiger partial charge in [0, 0.05) is 11.2 Å². The third-order valence-electron chi connectivity index (χ3n) is 2.84. The number of hydrogen-bond acceptors (Lipinski definition) is 2. The molecule has 0 unspecified atom stereocenters. The predicted octanol–water partition coefficient (Wildman–Crippen LogP) is 0.755. The molecule has 5 heteroatoms. The van der Waals surface area contributed by atoms with Crippen LogP contribution in [0.15, 0.2) is 35.9 Å². The molecule has 3 rings (SSSR count). The van der Waals surface area contributed by atoms with E-state index in [2.05, 4.69) is 15.6 Å². The molecule has 2 heterocycles. The predicted molar refractivity (Wildman–Crippen MR) is 67.4 cm³/mol. The van der Waals surface area contributed by atoms with Gasteiger partial charge in [-0.2, -0.15) is 0 Å². The van der Waals surface area contributed by atoms with E-state index in [4.69, 9.17) is 0 Å². The zero-order valence-electron chi connectivity index (χ0n) is 9.49. The molecule has 3 N–H and O–H groups in total. The number of benzene rings is 1. The molecule has 1 aliphatic rings. The Balaban J connectivity index is 2.04. The van der Waals surface area contributed by atoms with Gasteiger partial charge in [-0.25, -0.2) is 0 Å². The van der Waals surface area contributed by atoms with Gasteiger partial charge in [0.05, 0.1) is 6.67 Å². The van der Waals surface area contributed by atoms with Crippen molar-refractivity contribution in [3.05, 3.63) is 41.6 Å². The minimum absolute atomic E-state index is 0.118. The van der Waals surface area contributed by atoms with Gasteiger partial charge in [-0.3, -0.25) is 9.59 Å². The third kappa shape index (κ3) is 1.75. The summed E-state index contributed by atoms with van der Waals surface area (Å²) in [7, 11) is 0. The van der Waals surface area contributed by atoms with Gasteiger partial charge in [0.25, 0.3) is 11.8 Å². The summed E-state index contributed by atoms with van der Waals surface area (Å²) in [6, 6.07) is 9.67.